The second-order valence-corrected chi connectivity index (χ2v) is 6.73. The fourth-order valence-electron chi connectivity index (χ4n) is 3.48. The van der Waals surface area contributed by atoms with E-state index in [1.165, 1.54) is 0 Å². The van der Waals surface area contributed by atoms with Gasteiger partial charge in [0.05, 0.1) is 12.8 Å². The smallest absolute Gasteiger partial charge is 0.197 e. The van der Waals surface area contributed by atoms with Gasteiger partial charge in [-0.15, -0.1) is 0 Å². The van der Waals surface area contributed by atoms with Crippen LogP contribution in [0.15, 0.2) is 18.2 Å². The van der Waals surface area contributed by atoms with Gasteiger partial charge in [0.2, 0.25) is 0 Å². The van der Waals surface area contributed by atoms with Crippen molar-refractivity contribution >= 4 is 17.5 Å². The minimum absolute atomic E-state index is 0.102. The third-order valence-electron chi connectivity index (χ3n) is 4.59. The second kappa shape index (κ2) is 4.67. The summed E-state index contributed by atoms with van der Waals surface area (Å²) >= 11 is 6.17. The van der Waals surface area contributed by atoms with Crippen molar-refractivity contribution in [2.24, 2.45) is 5.41 Å². The number of hydrogen-bond donors (Lipinski definition) is 2. The molecule has 0 radical (unpaired) electrons. The van der Waals surface area contributed by atoms with Gasteiger partial charge in [-0.05, 0) is 36.1 Å². The molecule has 0 spiro atoms. The van der Waals surface area contributed by atoms with Crippen molar-refractivity contribution in [3.8, 4) is 5.75 Å². The predicted octanol–water partition coefficient (Wildman–Crippen LogP) is 3.87. The van der Waals surface area contributed by atoms with Gasteiger partial charge >= 0.3 is 0 Å². The van der Waals surface area contributed by atoms with E-state index in [0.29, 0.717) is 17.8 Å². The highest BCUT2D eigenvalue weighted by Crippen LogP contribution is 2.71. The molecule has 1 saturated carbocycles. The van der Waals surface area contributed by atoms with E-state index >= 15 is 0 Å². The molecule has 1 fully saturated rings. The van der Waals surface area contributed by atoms with Crippen LogP contribution in [0.5, 0.6) is 5.75 Å². The van der Waals surface area contributed by atoms with Gasteiger partial charge in [-0.2, -0.15) is 0 Å². The zero-order chi connectivity index (χ0) is 15.4. The van der Waals surface area contributed by atoms with Crippen molar-refractivity contribution in [1.82, 2.24) is 9.97 Å². The van der Waals surface area contributed by atoms with Crippen LogP contribution in [0.3, 0.4) is 0 Å². The molecule has 2 atom stereocenters. The lowest BCUT2D eigenvalue weighted by Gasteiger charge is -2.10. The zero-order valence-electron chi connectivity index (χ0n) is 12.7. The Morgan fingerprint density at radius 3 is 2.62 bits per heavy atom. The summed E-state index contributed by atoms with van der Waals surface area (Å²) in [7, 11) is 1.69. The SMILES string of the molecule is COc1ccc(Cl)cc1[C@H]1[C@H](c2nc(N)[nH]c2C)C1(C)C. The Kier molecular flexibility index (Phi) is 3.17. The summed E-state index contributed by atoms with van der Waals surface area (Å²) in [5, 5.41) is 0.727. The van der Waals surface area contributed by atoms with Crippen LogP contribution in [0.1, 0.15) is 42.6 Å². The van der Waals surface area contributed by atoms with Gasteiger partial charge in [0.15, 0.2) is 5.95 Å². The van der Waals surface area contributed by atoms with E-state index < -0.39 is 0 Å². The van der Waals surface area contributed by atoms with Crippen molar-refractivity contribution in [1.29, 1.82) is 0 Å². The third-order valence-corrected chi connectivity index (χ3v) is 4.82. The van der Waals surface area contributed by atoms with Crippen LogP contribution in [0.2, 0.25) is 5.02 Å². The number of anilines is 1. The number of halogens is 1. The summed E-state index contributed by atoms with van der Waals surface area (Å²) in [5.74, 6) is 1.99. The number of nitrogen functional groups attached to an aromatic ring is 1. The Labute approximate surface area is 129 Å². The average molecular weight is 306 g/mol. The molecule has 0 bridgehead atoms. The maximum atomic E-state index is 6.17. The lowest BCUT2D eigenvalue weighted by atomic mass is 10.0. The van der Waals surface area contributed by atoms with Crippen molar-refractivity contribution in [3.05, 3.63) is 40.2 Å². The molecule has 5 heteroatoms. The number of nitrogens with one attached hydrogen (secondary N) is 1. The number of imidazole rings is 1. The molecule has 0 amide bonds. The summed E-state index contributed by atoms with van der Waals surface area (Å²) < 4.78 is 5.50. The minimum Gasteiger partial charge on any atom is -0.496 e. The van der Waals surface area contributed by atoms with E-state index in [9.17, 15) is 0 Å². The molecule has 21 heavy (non-hydrogen) atoms. The molecular weight excluding hydrogens is 286 g/mol. The quantitative estimate of drug-likeness (QED) is 0.904. The van der Waals surface area contributed by atoms with E-state index in [1.807, 2.05) is 25.1 Å². The normalized spacial score (nSPS) is 23.1. The first kappa shape index (κ1) is 14.3. The largest absolute Gasteiger partial charge is 0.496 e. The number of methoxy groups -OCH3 is 1. The van der Waals surface area contributed by atoms with Gasteiger partial charge in [0.25, 0.3) is 0 Å². The van der Waals surface area contributed by atoms with Crippen molar-refractivity contribution in [3.63, 3.8) is 0 Å². The van der Waals surface area contributed by atoms with Crippen LogP contribution in [0, 0.1) is 12.3 Å². The summed E-state index contributed by atoms with van der Waals surface area (Å²) in [5.41, 5.74) is 9.11. The van der Waals surface area contributed by atoms with Gasteiger partial charge < -0.3 is 15.5 Å². The highest BCUT2D eigenvalue weighted by molar-refractivity contribution is 6.30. The number of ether oxygens (including phenoxy) is 1. The molecule has 4 nitrogen and oxygen atoms in total. The van der Waals surface area contributed by atoms with Crippen LogP contribution < -0.4 is 10.5 Å². The highest BCUT2D eigenvalue weighted by atomic mass is 35.5. The third kappa shape index (κ3) is 2.18. The molecule has 1 heterocycles. The number of aromatic amines is 1. The monoisotopic (exact) mass is 305 g/mol. The molecular formula is C16H20ClN3O. The minimum atomic E-state index is 0.102. The summed E-state index contributed by atoms with van der Waals surface area (Å²) in [6.45, 7) is 6.50. The Morgan fingerprint density at radius 1 is 1.33 bits per heavy atom. The van der Waals surface area contributed by atoms with Gasteiger partial charge in [0.1, 0.15) is 5.75 Å². The molecule has 1 aliphatic carbocycles. The maximum Gasteiger partial charge on any atom is 0.197 e. The van der Waals surface area contributed by atoms with Crippen LogP contribution in [0.4, 0.5) is 5.95 Å². The zero-order valence-corrected chi connectivity index (χ0v) is 13.5. The van der Waals surface area contributed by atoms with Crippen LogP contribution >= 0.6 is 11.6 Å². The maximum absolute atomic E-state index is 6.17. The molecule has 1 aliphatic rings. The Balaban J connectivity index is 2.04. The summed E-state index contributed by atoms with van der Waals surface area (Å²) in [6, 6.07) is 5.78. The average Bonchev–Trinajstić information content (AvgIpc) is 2.81. The van der Waals surface area contributed by atoms with Gasteiger partial charge in [-0.3, -0.25) is 0 Å². The number of aromatic nitrogens is 2. The molecule has 3 rings (SSSR count). The molecule has 0 saturated heterocycles. The number of hydrogen-bond acceptors (Lipinski definition) is 3. The van der Waals surface area contributed by atoms with Crippen LogP contribution in [-0.4, -0.2) is 17.1 Å². The van der Waals surface area contributed by atoms with E-state index in [1.54, 1.807) is 7.11 Å². The number of aryl methyl sites for hydroxylation is 1. The number of rotatable bonds is 3. The van der Waals surface area contributed by atoms with Crippen molar-refractivity contribution in [2.75, 3.05) is 12.8 Å². The van der Waals surface area contributed by atoms with Crippen LogP contribution in [-0.2, 0) is 0 Å². The molecule has 1 aromatic carbocycles. The topological polar surface area (TPSA) is 63.9 Å². The Morgan fingerprint density at radius 2 is 2.05 bits per heavy atom. The molecule has 0 unspecified atom stereocenters. The fourth-order valence-corrected chi connectivity index (χ4v) is 3.66. The number of nitrogens with zero attached hydrogens (tertiary/aromatic N) is 1. The first-order chi connectivity index (χ1) is 9.86. The summed E-state index contributed by atoms with van der Waals surface area (Å²) in [6.07, 6.45) is 0. The number of nitrogens with two attached hydrogens (primary N) is 1. The lowest BCUT2D eigenvalue weighted by molar-refractivity contribution is 0.407. The van der Waals surface area contributed by atoms with Gasteiger partial charge in [-0.1, -0.05) is 25.4 Å². The Bertz CT molecular complexity index is 693. The Hall–Kier alpha value is -1.68. The highest BCUT2D eigenvalue weighted by Gasteiger charge is 2.61. The molecule has 0 aliphatic heterocycles. The van der Waals surface area contributed by atoms with E-state index in [4.69, 9.17) is 22.1 Å². The van der Waals surface area contributed by atoms with E-state index in [-0.39, 0.29) is 5.41 Å². The lowest BCUT2D eigenvalue weighted by Crippen LogP contribution is -1.94. The first-order valence-electron chi connectivity index (χ1n) is 7.01. The predicted molar refractivity (Wildman–Crippen MR) is 85.0 cm³/mol. The molecule has 1 aromatic heterocycles. The van der Waals surface area contributed by atoms with E-state index in [0.717, 1.165) is 27.7 Å². The number of H-pyrrole nitrogens is 1. The molecule has 112 valence electrons. The molecule has 2 aromatic rings. The van der Waals surface area contributed by atoms with E-state index in [2.05, 4.69) is 23.8 Å². The number of benzene rings is 1. The first-order valence-corrected chi connectivity index (χ1v) is 7.39. The fraction of sp³-hybridized carbons (Fsp3) is 0.438. The van der Waals surface area contributed by atoms with Crippen LogP contribution in [0.25, 0.3) is 0 Å². The second-order valence-electron chi connectivity index (χ2n) is 6.30. The van der Waals surface area contributed by atoms with Gasteiger partial charge in [0, 0.05) is 22.6 Å². The van der Waals surface area contributed by atoms with Crippen molar-refractivity contribution < 1.29 is 4.74 Å². The summed E-state index contributed by atoms with van der Waals surface area (Å²) in [4.78, 5) is 7.56. The van der Waals surface area contributed by atoms with Gasteiger partial charge in [-0.25, -0.2) is 4.98 Å². The van der Waals surface area contributed by atoms with Crippen molar-refractivity contribution in [2.45, 2.75) is 32.6 Å². The standard InChI is InChI=1S/C16H20ClN3O/c1-8-14(20-15(18)19-8)13-12(16(13,2)3)10-7-9(17)5-6-11(10)21-4/h5-7,12-13H,1-4H3,(H3,18,19,20)/t12-,13+/m0/s1. The molecule has 3 N–H and O–H groups in total.